The molecule has 0 aliphatic rings. The van der Waals surface area contributed by atoms with Gasteiger partial charge in [0.15, 0.2) is 0 Å². The molecule has 12 heavy (non-hydrogen) atoms. The Morgan fingerprint density at radius 1 is 1.17 bits per heavy atom. The minimum atomic E-state index is -3.31. The third-order valence-corrected chi connectivity index (χ3v) is 1.39. The van der Waals surface area contributed by atoms with Crippen LogP contribution in [0.3, 0.4) is 0 Å². The summed E-state index contributed by atoms with van der Waals surface area (Å²) in [6.45, 7) is 0. The summed E-state index contributed by atoms with van der Waals surface area (Å²) in [7, 11) is 0. The van der Waals surface area contributed by atoms with E-state index in [1.807, 2.05) is 0 Å². The van der Waals surface area contributed by atoms with Crippen molar-refractivity contribution in [2.75, 3.05) is 0 Å². The number of rotatable bonds is 1. The molecule has 0 fully saturated rings. The second kappa shape index (κ2) is 2.90. The summed E-state index contributed by atoms with van der Waals surface area (Å²) in [6, 6.07) is 3.82. The molecule has 0 N–H and O–H groups in total. The molecule has 0 saturated carbocycles. The molecule has 0 heterocycles. The third kappa shape index (κ3) is 1.59. The first-order valence-electron chi connectivity index (χ1n) is 3.18. The predicted octanol–water partition coefficient (Wildman–Crippen LogP) is 2.55. The summed E-state index contributed by atoms with van der Waals surface area (Å²) in [5.41, 5.74) is -0.369. The van der Waals surface area contributed by atoms with Crippen LogP contribution in [0.4, 0.5) is 13.2 Å². The van der Waals surface area contributed by atoms with Crippen LogP contribution < -0.4 is 0 Å². The van der Waals surface area contributed by atoms with Crippen LogP contribution >= 0.6 is 0 Å². The highest BCUT2D eigenvalue weighted by atomic mass is 19.3. The van der Waals surface area contributed by atoms with Gasteiger partial charge in [-0.2, -0.15) is 8.78 Å². The van der Waals surface area contributed by atoms with Gasteiger partial charge >= 0.3 is 5.92 Å². The van der Waals surface area contributed by atoms with Crippen molar-refractivity contribution in [3.8, 4) is 12.3 Å². The van der Waals surface area contributed by atoms with Crippen LogP contribution in [0.5, 0.6) is 0 Å². The average molecular weight is 170 g/mol. The number of terminal acetylenes is 1. The highest BCUT2D eigenvalue weighted by Gasteiger charge is 2.27. The molecule has 0 bridgehead atoms. The van der Waals surface area contributed by atoms with E-state index >= 15 is 0 Å². The topological polar surface area (TPSA) is 0 Å². The summed E-state index contributed by atoms with van der Waals surface area (Å²) in [5.74, 6) is -2.55. The second-order valence-electron chi connectivity index (χ2n) is 2.23. The molecule has 0 atom stereocenters. The van der Waals surface area contributed by atoms with Crippen molar-refractivity contribution >= 4 is 0 Å². The molecular formula is C9H5F3. The second-order valence-corrected chi connectivity index (χ2v) is 2.23. The van der Waals surface area contributed by atoms with Gasteiger partial charge < -0.3 is 0 Å². The predicted molar refractivity (Wildman–Crippen MR) is 39.1 cm³/mol. The van der Waals surface area contributed by atoms with E-state index in [9.17, 15) is 13.2 Å². The van der Waals surface area contributed by atoms with Crippen molar-refractivity contribution < 1.29 is 13.2 Å². The third-order valence-electron chi connectivity index (χ3n) is 1.39. The van der Waals surface area contributed by atoms with Gasteiger partial charge in [0, 0.05) is 5.56 Å². The van der Waals surface area contributed by atoms with E-state index in [1.54, 1.807) is 0 Å². The minimum Gasteiger partial charge on any atom is -0.207 e. The summed E-state index contributed by atoms with van der Waals surface area (Å²) in [4.78, 5) is 0. The van der Waals surface area contributed by atoms with E-state index in [0.29, 0.717) is 0 Å². The molecule has 0 saturated heterocycles. The Morgan fingerprint density at radius 3 is 2.08 bits per heavy atom. The molecule has 1 rings (SSSR count). The van der Waals surface area contributed by atoms with Gasteiger partial charge in [-0.3, -0.25) is 0 Å². The average Bonchev–Trinajstić information content (AvgIpc) is 2.05. The van der Waals surface area contributed by atoms with Crippen LogP contribution in [-0.2, 0) is 5.92 Å². The van der Waals surface area contributed by atoms with E-state index in [0.717, 1.165) is 24.3 Å². The molecule has 3 heteroatoms. The Morgan fingerprint density at radius 2 is 1.67 bits per heavy atom. The summed E-state index contributed by atoms with van der Waals surface area (Å²) in [6.07, 6.45) is 4.58. The van der Waals surface area contributed by atoms with Gasteiger partial charge in [-0.15, -0.1) is 6.42 Å². The van der Waals surface area contributed by atoms with Crippen LogP contribution in [0.15, 0.2) is 24.3 Å². The smallest absolute Gasteiger partial charge is 0.207 e. The molecule has 0 spiro atoms. The van der Waals surface area contributed by atoms with Crippen molar-refractivity contribution in [2.45, 2.75) is 5.92 Å². The lowest BCUT2D eigenvalue weighted by atomic mass is 10.1. The highest BCUT2D eigenvalue weighted by molar-refractivity contribution is 5.27. The van der Waals surface area contributed by atoms with Gasteiger partial charge in [-0.1, -0.05) is 0 Å². The van der Waals surface area contributed by atoms with Crippen molar-refractivity contribution in [2.24, 2.45) is 0 Å². The van der Waals surface area contributed by atoms with E-state index in [4.69, 9.17) is 0 Å². The van der Waals surface area contributed by atoms with Crippen LogP contribution in [0.25, 0.3) is 0 Å². The fraction of sp³-hybridized carbons (Fsp3) is 0.111. The molecule has 0 amide bonds. The van der Waals surface area contributed by atoms with Gasteiger partial charge in [-0.25, -0.2) is 4.39 Å². The van der Waals surface area contributed by atoms with Crippen LogP contribution in [0.1, 0.15) is 5.56 Å². The first kappa shape index (κ1) is 8.66. The van der Waals surface area contributed by atoms with Crippen LogP contribution in [-0.4, -0.2) is 0 Å². The van der Waals surface area contributed by atoms with Crippen molar-refractivity contribution in [1.82, 2.24) is 0 Å². The van der Waals surface area contributed by atoms with Crippen molar-refractivity contribution in [1.29, 1.82) is 0 Å². The fourth-order valence-electron chi connectivity index (χ4n) is 0.743. The quantitative estimate of drug-likeness (QED) is 0.568. The standard InChI is InChI=1S/C9H5F3/c1-2-9(11,12)7-3-5-8(10)6-4-7/h1,3-6H. The van der Waals surface area contributed by atoms with Gasteiger partial charge in [0.05, 0.1) is 0 Å². The minimum absolute atomic E-state index is 0.369. The SMILES string of the molecule is C#CC(F)(F)c1ccc(F)cc1. The van der Waals surface area contributed by atoms with Gasteiger partial charge in [-0.05, 0) is 30.2 Å². The van der Waals surface area contributed by atoms with Crippen molar-refractivity contribution in [3.63, 3.8) is 0 Å². The van der Waals surface area contributed by atoms with E-state index < -0.39 is 11.7 Å². The van der Waals surface area contributed by atoms with Crippen LogP contribution in [0, 0.1) is 18.2 Å². The maximum atomic E-state index is 12.7. The maximum Gasteiger partial charge on any atom is 0.333 e. The molecule has 1 aromatic carbocycles. The van der Waals surface area contributed by atoms with Crippen LogP contribution in [0.2, 0.25) is 0 Å². The molecule has 0 aliphatic heterocycles. The van der Waals surface area contributed by atoms with Crippen molar-refractivity contribution in [3.05, 3.63) is 35.6 Å². The lowest BCUT2D eigenvalue weighted by Gasteiger charge is -2.08. The molecule has 0 unspecified atom stereocenters. The Kier molecular flexibility index (Phi) is 2.09. The number of halogens is 3. The number of hydrogen-bond acceptors (Lipinski definition) is 0. The summed E-state index contributed by atoms with van der Waals surface area (Å²) < 4.78 is 37.6. The maximum absolute atomic E-state index is 12.7. The molecule has 1 aromatic rings. The Bertz CT molecular complexity index is 306. The lowest BCUT2D eigenvalue weighted by Crippen LogP contribution is -2.09. The van der Waals surface area contributed by atoms with E-state index in [1.165, 1.54) is 5.92 Å². The number of alkyl halides is 2. The monoisotopic (exact) mass is 170 g/mol. The summed E-state index contributed by atoms with van der Waals surface area (Å²) >= 11 is 0. The fourth-order valence-corrected chi connectivity index (χ4v) is 0.743. The molecule has 62 valence electrons. The summed E-state index contributed by atoms with van der Waals surface area (Å²) in [5, 5.41) is 0. The lowest BCUT2D eigenvalue weighted by molar-refractivity contribution is 0.0640. The largest absolute Gasteiger partial charge is 0.333 e. The molecular weight excluding hydrogens is 165 g/mol. The Balaban J connectivity index is 3.07. The first-order valence-corrected chi connectivity index (χ1v) is 3.18. The molecule has 0 radical (unpaired) electrons. The Hall–Kier alpha value is -1.43. The zero-order valence-corrected chi connectivity index (χ0v) is 6.02. The number of benzene rings is 1. The van der Waals surface area contributed by atoms with Gasteiger partial charge in [0.2, 0.25) is 0 Å². The molecule has 0 nitrogen and oxygen atoms in total. The number of hydrogen-bond donors (Lipinski definition) is 0. The zero-order valence-electron chi connectivity index (χ0n) is 6.02. The van der Waals surface area contributed by atoms with Gasteiger partial charge in [0.25, 0.3) is 0 Å². The molecule has 0 aromatic heterocycles. The van der Waals surface area contributed by atoms with Gasteiger partial charge in [0.1, 0.15) is 5.82 Å². The highest BCUT2D eigenvalue weighted by Crippen LogP contribution is 2.26. The first-order chi connectivity index (χ1) is 5.56. The molecule has 0 aliphatic carbocycles. The zero-order chi connectivity index (χ0) is 9.19. The van der Waals surface area contributed by atoms with E-state index in [2.05, 4.69) is 6.42 Å². The Labute approximate surface area is 68.0 Å². The van der Waals surface area contributed by atoms with E-state index in [-0.39, 0.29) is 5.56 Å². The normalized spacial score (nSPS) is 10.8.